The van der Waals surface area contributed by atoms with Crippen LogP contribution in [0.15, 0.2) is 73.1 Å². The van der Waals surface area contributed by atoms with Crippen molar-refractivity contribution in [2.75, 3.05) is 20.2 Å². The van der Waals surface area contributed by atoms with Crippen LogP contribution in [0.4, 0.5) is 13.2 Å². The smallest absolute Gasteiger partial charge is 0.416 e. The summed E-state index contributed by atoms with van der Waals surface area (Å²) in [5.74, 6) is -1.50. The molecule has 1 aromatic heterocycles. The third-order valence-corrected chi connectivity index (χ3v) is 6.15. The summed E-state index contributed by atoms with van der Waals surface area (Å²) >= 11 is 0. The molecule has 4 rings (SSSR count). The molecule has 0 saturated heterocycles. The Bertz CT molecular complexity index is 1180. The number of ether oxygens (including phenoxy) is 1. The van der Waals surface area contributed by atoms with Gasteiger partial charge in [-0.25, -0.2) is 0 Å². The second-order valence-electron chi connectivity index (χ2n) is 9.15. The number of fused-ring (bicyclic) bond motifs is 1. The van der Waals surface area contributed by atoms with Gasteiger partial charge >= 0.3 is 12.1 Å². The SMILES string of the molecule is CC.CNCCCOc1ccc2c(c1)CN(Cc1ccc(C(F)(F)F)cc1)C(=O)C(CC(=O)O)C2.c1ccncc1. The first-order valence-corrected chi connectivity index (χ1v) is 13.6. The predicted octanol–water partition coefficient (Wildman–Crippen LogP) is 5.98. The van der Waals surface area contributed by atoms with Gasteiger partial charge in [-0.2, -0.15) is 13.2 Å². The monoisotopic (exact) mass is 573 g/mol. The highest BCUT2D eigenvalue weighted by atomic mass is 19.4. The molecule has 7 nitrogen and oxygen atoms in total. The fourth-order valence-electron chi connectivity index (χ4n) is 4.21. The second-order valence-corrected chi connectivity index (χ2v) is 9.15. The van der Waals surface area contributed by atoms with E-state index >= 15 is 0 Å². The Labute approximate surface area is 239 Å². The summed E-state index contributed by atoms with van der Waals surface area (Å²) in [6, 6.07) is 15.9. The first-order chi connectivity index (χ1) is 19.7. The van der Waals surface area contributed by atoms with Crippen LogP contribution in [0.3, 0.4) is 0 Å². The van der Waals surface area contributed by atoms with E-state index in [4.69, 9.17) is 4.74 Å². The Morgan fingerprint density at radius 3 is 2.29 bits per heavy atom. The summed E-state index contributed by atoms with van der Waals surface area (Å²) in [7, 11) is 1.86. The first-order valence-electron chi connectivity index (χ1n) is 13.6. The average Bonchev–Trinajstić information content (AvgIpc) is 3.09. The number of aliphatic carboxylic acids is 1. The van der Waals surface area contributed by atoms with E-state index in [1.807, 2.05) is 57.3 Å². The maximum absolute atomic E-state index is 13.2. The molecule has 41 heavy (non-hydrogen) atoms. The summed E-state index contributed by atoms with van der Waals surface area (Å²) < 4.78 is 44.4. The van der Waals surface area contributed by atoms with Crippen molar-refractivity contribution in [3.05, 3.63) is 95.3 Å². The molecule has 1 unspecified atom stereocenters. The minimum absolute atomic E-state index is 0.0831. The molecule has 2 aromatic carbocycles. The van der Waals surface area contributed by atoms with Crippen molar-refractivity contribution in [1.82, 2.24) is 15.2 Å². The zero-order valence-electron chi connectivity index (χ0n) is 23.7. The van der Waals surface area contributed by atoms with E-state index < -0.39 is 23.6 Å². The van der Waals surface area contributed by atoms with E-state index in [2.05, 4.69) is 10.3 Å². The molecule has 1 aliphatic heterocycles. The summed E-state index contributed by atoms with van der Waals surface area (Å²) in [4.78, 5) is 29.8. The highest BCUT2D eigenvalue weighted by Crippen LogP contribution is 2.31. The summed E-state index contributed by atoms with van der Waals surface area (Å²) in [5.41, 5.74) is 1.48. The largest absolute Gasteiger partial charge is 0.494 e. The van der Waals surface area contributed by atoms with Gasteiger partial charge in [0.1, 0.15) is 5.75 Å². The van der Waals surface area contributed by atoms with Gasteiger partial charge in [0.15, 0.2) is 0 Å². The molecule has 1 amide bonds. The number of carbonyl (C=O) groups excluding carboxylic acids is 1. The van der Waals surface area contributed by atoms with Gasteiger partial charge < -0.3 is 20.1 Å². The average molecular weight is 574 g/mol. The van der Waals surface area contributed by atoms with Gasteiger partial charge in [-0.3, -0.25) is 14.6 Å². The van der Waals surface area contributed by atoms with Crippen LogP contribution >= 0.6 is 0 Å². The number of amides is 1. The normalized spacial score (nSPS) is 14.4. The summed E-state index contributed by atoms with van der Waals surface area (Å²) in [6.45, 7) is 5.64. The lowest BCUT2D eigenvalue weighted by Gasteiger charge is -2.24. The van der Waals surface area contributed by atoms with Crippen LogP contribution in [-0.4, -0.2) is 47.1 Å². The standard InChI is InChI=1S/C24H27F3N2O4.C5H5N.C2H6/c1-28-9-2-10-33-21-8-5-17-11-18(13-22(30)31)23(32)29(15-19(17)12-21)14-16-3-6-20(7-4-16)24(25,26)27;1-2-4-6-5-3-1;1-2/h3-8,12,18,28H,2,9-11,13-15H2,1H3,(H,30,31);1-5H;1-2H3. The molecule has 0 saturated carbocycles. The fraction of sp³-hybridized carbons (Fsp3) is 0.387. The molecular formula is C31H38F3N3O4. The number of rotatable bonds is 9. The lowest BCUT2D eigenvalue weighted by molar-refractivity contribution is -0.144. The highest BCUT2D eigenvalue weighted by Gasteiger charge is 2.32. The van der Waals surface area contributed by atoms with Gasteiger partial charge in [-0.15, -0.1) is 0 Å². The van der Waals surface area contributed by atoms with E-state index in [9.17, 15) is 27.9 Å². The lowest BCUT2D eigenvalue weighted by atomic mass is 9.94. The molecule has 222 valence electrons. The Morgan fingerprint density at radius 1 is 1.07 bits per heavy atom. The molecule has 2 heterocycles. The van der Waals surface area contributed by atoms with Gasteiger partial charge in [-0.1, -0.05) is 38.1 Å². The minimum Gasteiger partial charge on any atom is -0.494 e. The maximum atomic E-state index is 13.2. The number of aromatic nitrogens is 1. The molecule has 0 fully saturated rings. The zero-order chi connectivity index (χ0) is 30.3. The number of hydrogen-bond acceptors (Lipinski definition) is 5. The predicted molar refractivity (Wildman–Crippen MR) is 151 cm³/mol. The molecule has 1 atom stereocenters. The van der Waals surface area contributed by atoms with Gasteiger partial charge in [0.2, 0.25) is 5.91 Å². The molecule has 0 radical (unpaired) electrons. The van der Waals surface area contributed by atoms with E-state index in [0.29, 0.717) is 17.9 Å². The molecule has 1 aliphatic rings. The van der Waals surface area contributed by atoms with E-state index in [0.717, 1.165) is 36.2 Å². The van der Waals surface area contributed by atoms with Crippen molar-refractivity contribution in [2.45, 2.75) is 52.4 Å². The van der Waals surface area contributed by atoms with Crippen molar-refractivity contribution in [3.63, 3.8) is 0 Å². The molecule has 0 bridgehead atoms. The number of alkyl halides is 3. The first kappa shape index (κ1) is 33.3. The molecular weight excluding hydrogens is 535 g/mol. The van der Waals surface area contributed by atoms with Crippen LogP contribution in [0, 0.1) is 5.92 Å². The Hall–Kier alpha value is -3.92. The molecule has 2 N–H and O–H groups in total. The minimum atomic E-state index is -4.44. The van der Waals surface area contributed by atoms with Crippen molar-refractivity contribution in [3.8, 4) is 5.75 Å². The Kier molecular flexibility index (Phi) is 13.8. The topological polar surface area (TPSA) is 91.8 Å². The van der Waals surface area contributed by atoms with Crippen LogP contribution in [0.5, 0.6) is 5.75 Å². The summed E-state index contributed by atoms with van der Waals surface area (Å²) in [5, 5.41) is 12.3. The number of carboxylic acids is 1. The molecule has 10 heteroatoms. The van der Waals surface area contributed by atoms with E-state index in [-0.39, 0.29) is 31.8 Å². The van der Waals surface area contributed by atoms with Crippen molar-refractivity contribution in [1.29, 1.82) is 0 Å². The van der Waals surface area contributed by atoms with Gasteiger partial charge in [0, 0.05) is 25.5 Å². The van der Waals surface area contributed by atoms with Crippen LogP contribution in [0.2, 0.25) is 0 Å². The van der Waals surface area contributed by atoms with E-state index in [1.165, 1.54) is 17.0 Å². The number of nitrogens with one attached hydrogen (secondary N) is 1. The third kappa shape index (κ3) is 11.2. The molecule has 0 aliphatic carbocycles. The number of carbonyl (C=O) groups is 2. The second kappa shape index (κ2) is 17.0. The third-order valence-electron chi connectivity index (χ3n) is 6.15. The number of nitrogens with zero attached hydrogens (tertiary/aromatic N) is 2. The Balaban J connectivity index is 0.000000640. The van der Waals surface area contributed by atoms with Crippen LogP contribution < -0.4 is 10.1 Å². The van der Waals surface area contributed by atoms with Crippen LogP contribution in [0.25, 0.3) is 0 Å². The maximum Gasteiger partial charge on any atom is 0.416 e. The lowest BCUT2D eigenvalue weighted by Crippen LogP contribution is -2.35. The Morgan fingerprint density at radius 2 is 1.76 bits per heavy atom. The number of carboxylic acid groups (broad SMARTS) is 1. The van der Waals surface area contributed by atoms with Crippen molar-refractivity contribution < 1.29 is 32.6 Å². The van der Waals surface area contributed by atoms with E-state index in [1.54, 1.807) is 12.4 Å². The van der Waals surface area contributed by atoms with Crippen LogP contribution in [-0.2, 0) is 35.3 Å². The van der Waals surface area contributed by atoms with Gasteiger partial charge in [0.05, 0.1) is 24.5 Å². The number of pyridine rings is 1. The van der Waals surface area contributed by atoms with Crippen LogP contribution in [0.1, 0.15) is 48.9 Å². The van der Waals surface area contributed by atoms with Gasteiger partial charge in [0.25, 0.3) is 0 Å². The molecule has 0 spiro atoms. The van der Waals surface area contributed by atoms with Crippen molar-refractivity contribution in [2.24, 2.45) is 5.92 Å². The fourth-order valence-corrected chi connectivity index (χ4v) is 4.21. The highest BCUT2D eigenvalue weighted by molar-refractivity contribution is 5.84. The number of benzene rings is 2. The number of hydrogen-bond donors (Lipinski definition) is 2. The van der Waals surface area contributed by atoms with Gasteiger partial charge in [-0.05, 0) is 79.5 Å². The summed E-state index contributed by atoms with van der Waals surface area (Å²) in [6.07, 6.45) is -0.146. The molecule has 3 aromatic rings. The quantitative estimate of drug-likeness (QED) is 0.306. The number of halogens is 3. The zero-order valence-corrected chi connectivity index (χ0v) is 23.7. The van der Waals surface area contributed by atoms with Crippen molar-refractivity contribution >= 4 is 11.9 Å².